The van der Waals surface area contributed by atoms with Crippen LogP contribution in [0, 0.1) is 5.92 Å². The summed E-state index contributed by atoms with van der Waals surface area (Å²) in [6.45, 7) is 19.7. The second-order valence-electron chi connectivity index (χ2n) is 12.4. The summed E-state index contributed by atoms with van der Waals surface area (Å²) in [6, 6.07) is 18.5. The zero-order valence-electron chi connectivity index (χ0n) is 23.2. The summed E-state index contributed by atoms with van der Waals surface area (Å²) in [4.78, 5) is 17.2. The fraction of sp³-hybridized carbons (Fsp3) is 0.552. The van der Waals surface area contributed by atoms with E-state index in [1.54, 1.807) is 0 Å². The number of hydrogen-bond donors (Lipinski definition) is 0. The number of rotatable bonds is 7. The SMILES string of the molecule is CC(C)(C)OC(=O)N1CC(CN(Cc2ccccc2)c2ccc(Cl)cc2)C(O[Si](C)(C)C(C)(C)C)C1. The Balaban J connectivity index is 1.89. The van der Waals surface area contributed by atoms with Gasteiger partial charge in [-0.1, -0.05) is 62.7 Å². The molecular weight excluding hydrogens is 488 g/mol. The number of likely N-dealkylation sites (tertiary alicyclic amines) is 1. The van der Waals surface area contributed by atoms with Gasteiger partial charge in [-0.15, -0.1) is 0 Å². The summed E-state index contributed by atoms with van der Waals surface area (Å²) in [5.41, 5.74) is 1.80. The number of nitrogens with zero attached hydrogens (tertiary/aromatic N) is 2. The average Bonchev–Trinajstić information content (AvgIpc) is 3.14. The van der Waals surface area contributed by atoms with Gasteiger partial charge < -0.3 is 19.0 Å². The van der Waals surface area contributed by atoms with Crippen LogP contribution in [0.25, 0.3) is 0 Å². The number of ether oxygens (including phenoxy) is 1. The minimum Gasteiger partial charge on any atom is -0.444 e. The molecule has 2 unspecified atom stereocenters. The minimum atomic E-state index is -2.05. The van der Waals surface area contributed by atoms with Crippen molar-refractivity contribution in [1.82, 2.24) is 4.90 Å². The van der Waals surface area contributed by atoms with Gasteiger partial charge in [-0.3, -0.25) is 0 Å². The second-order valence-corrected chi connectivity index (χ2v) is 17.6. The maximum absolute atomic E-state index is 13.0. The molecule has 1 aliphatic heterocycles. The highest BCUT2D eigenvalue weighted by molar-refractivity contribution is 6.74. The van der Waals surface area contributed by atoms with Gasteiger partial charge in [-0.05, 0) is 68.7 Å². The first-order valence-electron chi connectivity index (χ1n) is 12.8. The number of anilines is 1. The van der Waals surface area contributed by atoms with Crippen molar-refractivity contribution in [2.24, 2.45) is 5.92 Å². The lowest BCUT2D eigenvalue weighted by Crippen LogP contribution is -2.47. The third-order valence-corrected chi connectivity index (χ3v) is 11.9. The highest BCUT2D eigenvalue weighted by atomic mass is 35.5. The topological polar surface area (TPSA) is 42.0 Å². The van der Waals surface area contributed by atoms with Crippen molar-refractivity contribution in [3.63, 3.8) is 0 Å². The molecular formula is C29H43ClN2O3Si. The molecule has 1 heterocycles. The molecule has 1 saturated heterocycles. The normalized spacial score (nSPS) is 18.9. The van der Waals surface area contributed by atoms with E-state index in [0.717, 1.165) is 23.8 Å². The van der Waals surface area contributed by atoms with Gasteiger partial charge in [-0.25, -0.2) is 4.79 Å². The van der Waals surface area contributed by atoms with Gasteiger partial charge in [0.25, 0.3) is 0 Å². The molecule has 1 fully saturated rings. The maximum atomic E-state index is 13.0. The maximum Gasteiger partial charge on any atom is 0.410 e. The molecule has 0 saturated carbocycles. The van der Waals surface area contributed by atoms with E-state index in [-0.39, 0.29) is 23.2 Å². The highest BCUT2D eigenvalue weighted by Gasteiger charge is 2.45. The number of amides is 1. The molecule has 36 heavy (non-hydrogen) atoms. The van der Waals surface area contributed by atoms with Crippen LogP contribution in [0.2, 0.25) is 23.2 Å². The summed E-state index contributed by atoms with van der Waals surface area (Å²) in [7, 11) is -2.05. The Hall–Kier alpha value is -2.02. The van der Waals surface area contributed by atoms with Crippen LogP contribution in [0.4, 0.5) is 10.5 Å². The van der Waals surface area contributed by atoms with Crippen molar-refractivity contribution in [3.8, 4) is 0 Å². The van der Waals surface area contributed by atoms with Gasteiger partial charge in [0.15, 0.2) is 8.32 Å². The molecule has 2 aromatic rings. The summed E-state index contributed by atoms with van der Waals surface area (Å²) >= 11 is 6.20. The van der Waals surface area contributed by atoms with E-state index in [4.69, 9.17) is 20.8 Å². The summed E-state index contributed by atoms with van der Waals surface area (Å²) < 4.78 is 12.7. The lowest BCUT2D eigenvalue weighted by molar-refractivity contribution is 0.0272. The number of hydrogen-bond acceptors (Lipinski definition) is 4. The molecule has 0 aromatic heterocycles. The Morgan fingerprint density at radius 1 is 1.00 bits per heavy atom. The van der Waals surface area contributed by atoms with E-state index < -0.39 is 13.9 Å². The van der Waals surface area contributed by atoms with Gasteiger partial charge >= 0.3 is 6.09 Å². The predicted molar refractivity (Wildman–Crippen MR) is 152 cm³/mol. The van der Waals surface area contributed by atoms with Crippen LogP contribution in [0.15, 0.2) is 54.6 Å². The molecule has 0 radical (unpaired) electrons. The van der Waals surface area contributed by atoms with Gasteiger partial charge in [-0.2, -0.15) is 0 Å². The van der Waals surface area contributed by atoms with Crippen molar-refractivity contribution >= 4 is 31.7 Å². The van der Waals surface area contributed by atoms with E-state index in [9.17, 15) is 4.79 Å². The van der Waals surface area contributed by atoms with Crippen molar-refractivity contribution in [2.75, 3.05) is 24.5 Å². The van der Waals surface area contributed by atoms with Crippen LogP contribution in [0.5, 0.6) is 0 Å². The Morgan fingerprint density at radius 2 is 1.61 bits per heavy atom. The van der Waals surface area contributed by atoms with E-state index in [1.165, 1.54) is 5.56 Å². The number of carbonyl (C=O) groups is 1. The molecule has 0 aliphatic carbocycles. The summed E-state index contributed by atoms with van der Waals surface area (Å²) in [5.74, 6) is 0.144. The lowest BCUT2D eigenvalue weighted by Gasteiger charge is -2.40. The van der Waals surface area contributed by atoms with E-state index >= 15 is 0 Å². The van der Waals surface area contributed by atoms with Crippen LogP contribution in [-0.4, -0.2) is 50.6 Å². The number of halogens is 1. The second kappa shape index (κ2) is 11.2. The third-order valence-electron chi connectivity index (χ3n) is 7.15. The third kappa shape index (κ3) is 7.74. The van der Waals surface area contributed by atoms with Gasteiger partial charge in [0.1, 0.15) is 5.60 Å². The molecule has 0 bridgehead atoms. The first-order valence-corrected chi connectivity index (χ1v) is 16.1. The fourth-order valence-electron chi connectivity index (χ4n) is 4.18. The monoisotopic (exact) mass is 530 g/mol. The molecule has 1 amide bonds. The molecule has 0 spiro atoms. The first kappa shape index (κ1) is 28.5. The molecule has 5 nitrogen and oxygen atoms in total. The zero-order chi connectivity index (χ0) is 26.7. The molecule has 2 aromatic carbocycles. The van der Waals surface area contributed by atoms with Crippen LogP contribution in [0.1, 0.15) is 47.1 Å². The van der Waals surface area contributed by atoms with Crippen LogP contribution < -0.4 is 4.90 Å². The van der Waals surface area contributed by atoms with Crippen LogP contribution in [-0.2, 0) is 15.7 Å². The smallest absolute Gasteiger partial charge is 0.410 e. The lowest BCUT2D eigenvalue weighted by atomic mass is 10.0. The predicted octanol–water partition coefficient (Wildman–Crippen LogP) is 7.60. The van der Waals surface area contributed by atoms with Crippen molar-refractivity contribution < 1.29 is 14.0 Å². The Kier molecular flexibility index (Phi) is 8.85. The Labute approximate surface area is 223 Å². The van der Waals surface area contributed by atoms with E-state index in [1.807, 2.05) is 43.9 Å². The van der Waals surface area contributed by atoms with E-state index in [0.29, 0.717) is 13.1 Å². The molecule has 7 heteroatoms. The molecule has 0 N–H and O–H groups in total. The average molecular weight is 531 g/mol. The standard InChI is InChI=1S/C29H43ClN2O3Si/c1-28(2,3)34-27(33)32-20-23(26(21-32)35-36(7,8)29(4,5)6)19-31(18-22-12-10-9-11-13-22)25-16-14-24(30)15-17-25/h9-17,23,26H,18-21H2,1-8H3. The van der Waals surface area contributed by atoms with Crippen molar-refractivity contribution in [2.45, 2.75) is 77.9 Å². The molecule has 3 rings (SSSR count). The van der Waals surface area contributed by atoms with Crippen LogP contribution in [0.3, 0.4) is 0 Å². The highest BCUT2D eigenvalue weighted by Crippen LogP contribution is 2.39. The van der Waals surface area contributed by atoms with Gasteiger partial charge in [0, 0.05) is 42.8 Å². The molecule has 198 valence electrons. The van der Waals surface area contributed by atoms with Crippen molar-refractivity contribution in [1.29, 1.82) is 0 Å². The number of carbonyl (C=O) groups excluding carboxylic acids is 1. The zero-order valence-corrected chi connectivity index (χ0v) is 24.9. The Morgan fingerprint density at radius 3 is 2.17 bits per heavy atom. The summed E-state index contributed by atoms with van der Waals surface area (Å²) in [5, 5.41) is 0.797. The Bertz CT molecular complexity index is 1000. The largest absolute Gasteiger partial charge is 0.444 e. The van der Waals surface area contributed by atoms with Gasteiger partial charge in [0.2, 0.25) is 0 Å². The summed E-state index contributed by atoms with van der Waals surface area (Å²) in [6.07, 6.45) is -0.320. The van der Waals surface area contributed by atoms with Gasteiger partial charge in [0.05, 0.1) is 6.10 Å². The fourth-order valence-corrected chi connectivity index (χ4v) is 5.68. The first-order chi connectivity index (χ1) is 16.6. The van der Waals surface area contributed by atoms with Crippen LogP contribution >= 0.6 is 11.6 Å². The minimum absolute atomic E-state index is 0.0519. The molecule has 1 aliphatic rings. The number of benzene rings is 2. The van der Waals surface area contributed by atoms with E-state index in [2.05, 4.69) is 75.2 Å². The van der Waals surface area contributed by atoms with Crippen molar-refractivity contribution in [3.05, 3.63) is 65.2 Å². The quantitative estimate of drug-likeness (QED) is 0.345. The molecule has 2 atom stereocenters.